The third-order valence-electron chi connectivity index (χ3n) is 8.57. The lowest BCUT2D eigenvalue weighted by Gasteiger charge is -2.35. The van der Waals surface area contributed by atoms with Crippen LogP contribution in [0.1, 0.15) is 25.0 Å². The molecule has 1 nitrogen and oxygen atoms in total. The summed E-state index contributed by atoms with van der Waals surface area (Å²) >= 11 is 0. The fraction of sp³-hybridized carbons (Fsp3) is 0.0811. The molecule has 0 saturated heterocycles. The summed E-state index contributed by atoms with van der Waals surface area (Å²) in [5.41, 5.74) is 11.6. The molecule has 1 heterocycles. The Kier molecular flexibility index (Phi) is 4.35. The van der Waals surface area contributed by atoms with E-state index in [2.05, 4.69) is 146 Å². The Labute approximate surface area is 222 Å². The maximum absolute atomic E-state index is 2.48. The van der Waals surface area contributed by atoms with Crippen molar-refractivity contribution in [1.82, 2.24) is 4.57 Å². The molecule has 38 heavy (non-hydrogen) atoms. The van der Waals surface area contributed by atoms with Crippen molar-refractivity contribution >= 4 is 32.6 Å². The van der Waals surface area contributed by atoms with Gasteiger partial charge in [0.15, 0.2) is 0 Å². The van der Waals surface area contributed by atoms with Crippen LogP contribution in [0.25, 0.3) is 60.5 Å². The summed E-state index contributed by atoms with van der Waals surface area (Å²) in [6.45, 7) is 4.74. The highest BCUT2D eigenvalue weighted by Crippen LogP contribution is 2.53. The zero-order chi connectivity index (χ0) is 25.4. The van der Waals surface area contributed by atoms with E-state index >= 15 is 0 Å². The van der Waals surface area contributed by atoms with Gasteiger partial charge in [-0.15, -0.1) is 0 Å². The first-order valence-corrected chi connectivity index (χ1v) is 13.4. The van der Waals surface area contributed by atoms with Crippen LogP contribution in [0.15, 0.2) is 127 Å². The molecule has 0 bridgehead atoms. The molecule has 0 amide bonds. The van der Waals surface area contributed by atoms with Crippen molar-refractivity contribution in [3.63, 3.8) is 0 Å². The minimum Gasteiger partial charge on any atom is -0.309 e. The van der Waals surface area contributed by atoms with E-state index < -0.39 is 0 Å². The third kappa shape index (κ3) is 2.76. The van der Waals surface area contributed by atoms with E-state index in [0.717, 1.165) is 0 Å². The standard InChI is InChI=1S/C37H27N/c1-37(2)29-19-9-6-17-27(29)36-34-25(15-12-20-30(34)37)23-33-35(36)28-18-8-11-22-32(28)38(33)31-21-10-7-16-26(31)24-13-4-3-5-14-24/h3-23H,1-2H3. The number of para-hydroxylation sites is 2. The van der Waals surface area contributed by atoms with Crippen molar-refractivity contribution in [1.29, 1.82) is 0 Å². The molecule has 6 aromatic carbocycles. The number of hydrogen-bond donors (Lipinski definition) is 0. The Balaban J connectivity index is 1.61. The summed E-state index contributed by atoms with van der Waals surface area (Å²) in [7, 11) is 0. The highest BCUT2D eigenvalue weighted by atomic mass is 15.0. The Morgan fingerprint density at radius 3 is 2.08 bits per heavy atom. The summed E-state index contributed by atoms with van der Waals surface area (Å²) in [5, 5.41) is 5.33. The van der Waals surface area contributed by atoms with E-state index in [1.165, 1.54) is 71.6 Å². The van der Waals surface area contributed by atoms with Crippen LogP contribution in [0.3, 0.4) is 0 Å². The van der Waals surface area contributed by atoms with Gasteiger partial charge in [-0.05, 0) is 51.2 Å². The summed E-state index contributed by atoms with van der Waals surface area (Å²) in [4.78, 5) is 0. The van der Waals surface area contributed by atoms with Gasteiger partial charge in [-0.3, -0.25) is 0 Å². The molecule has 0 radical (unpaired) electrons. The van der Waals surface area contributed by atoms with Crippen LogP contribution in [-0.2, 0) is 5.41 Å². The van der Waals surface area contributed by atoms with Crippen LogP contribution in [0.2, 0.25) is 0 Å². The SMILES string of the molecule is CC1(C)c2ccccc2-c2c3c1cccc3cc1c2c2ccccc2n1-c1ccccc1-c1ccccc1. The predicted octanol–water partition coefficient (Wildman–Crippen LogP) is 9.91. The molecule has 0 spiro atoms. The molecule has 180 valence electrons. The average Bonchev–Trinajstić information content (AvgIpc) is 3.29. The Bertz CT molecular complexity index is 2040. The predicted molar refractivity (Wildman–Crippen MR) is 161 cm³/mol. The molecule has 1 aliphatic rings. The zero-order valence-corrected chi connectivity index (χ0v) is 21.6. The van der Waals surface area contributed by atoms with Gasteiger partial charge in [0.25, 0.3) is 0 Å². The highest BCUT2D eigenvalue weighted by Gasteiger charge is 2.35. The van der Waals surface area contributed by atoms with Gasteiger partial charge in [-0.1, -0.05) is 123 Å². The summed E-state index contributed by atoms with van der Waals surface area (Å²) in [6.07, 6.45) is 0. The number of fused-ring (bicyclic) bond motifs is 6. The van der Waals surface area contributed by atoms with Gasteiger partial charge in [0.1, 0.15) is 0 Å². The molecule has 7 aromatic rings. The fourth-order valence-electron chi connectivity index (χ4n) is 6.87. The molecular formula is C37H27N. The highest BCUT2D eigenvalue weighted by molar-refractivity contribution is 6.24. The lowest BCUT2D eigenvalue weighted by molar-refractivity contribution is 0.645. The molecule has 0 saturated carbocycles. The maximum Gasteiger partial charge on any atom is 0.0554 e. The van der Waals surface area contributed by atoms with Crippen LogP contribution in [-0.4, -0.2) is 4.57 Å². The largest absolute Gasteiger partial charge is 0.309 e. The smallest absolute Gasteiger partial charge is 0.0554 e. The second-order valence-corrected chi connectivity index (χ2v) is 11.0. The van der Waals surface area contributed by atoms with E-state index in [-0.39, 0.29) is 5.41 Å². The van der Waals surface area contributed by atoms with Crippen molar-refractivity contribution < 1.29 is 0 Å². The molecular weight excluding hydrogens is 458 g/mol. The van der Waals surface area contributed by atoms with Crippen molar-refractivity contribution in [2.24, 2.45) is 0 Å². The lowest BCUT2D eigenvalue weighted by atomic mass is 9.68. The molecule has 0 fully saturated rings. The van der Waals surface area contributed by atoms with Crippen LogP contribution < -0.4 is 0 Å². The Morgan fingerprint density at radius 1 is 0.526 bits per heavy atom. The first-order valence-electron chi connectivity index (χ1n) is 13.4. The number of aromatic nitrogens is 1. The molecule has 0 aliphatic heterocycles. The second kappa shape index (κ2) is 7.69. The summed E-state index contributed by atoms with van der Waals surface area (Å²) in [6, 6.07) is 46.7. The van der Waals surface area contributed by atoms with Crippen molar-refractivity contribution in [2.45, 2.75) is 19.3 Å². The molecule has 0 unspecified atom stereocenters. The topological polar surface area (TPSA) is 4.93 Å². The van der Waals surface area contributed by atoms with Crippen LogP contribution >= 0.6 is 0 Å². The summed E-state index contributed by atoms with van der Waals surface area (Å²) in [5.74, 6) is 0. The van der Waals surface area contributed by atoms with Gasteiger partial charge in [0.2, 0.25) is 0 Å². The lowest BCUT2D eigenvalue weighted by Crippen LogP contribution is -2.23. The molecule has 1 heteroatoms. The zero-order valence-electron chi connectivity index (χ0n) is 21.6. The minimum absolute atomic E-state index is 0.0605. The number of hydrogen-bond acceptors (Lipinski definition) is 0. The van der Waals surface area contributed by atoms with Crippen LogP contribution in [0.5, 0.6) is 0 Å². The normalized spacial score (nSPS) is 13.7. The fourth-order valence-corrected chi connectivity index (χ4v) is 6.87. The number of nitrogens with zero attached hydrogens (tertiary/aromatic N) is 1. The van der Waals surface area contributed by atoms with E-state index in [1.54, 1.807) is 0 Å². The van der Waals surface area contributed by atoms with Gasteiger partial charge < -0.3 is 4.57 Å². The first-order chi connectivity index (χ1) is 18.6. The Morgan fingerprint density at radius 2 is 1.21 bits per heavy atom. The third-order valence-corrected chi connectivity index (χ3v) is 8.57. The first kappa shape index (κ1) is 21.5. The molecule has 0 N–H and O–H groups in total. The molecule has 1 aliphatic carbocycles. The minimum atomic E-state index is -0.0605. The van der Waals surface area contributed by atoms with E-state index in [0.29, 0.717) is 0 Å². The van der Waals surface area contributed by atoms with Crippen molar-refractivity contribution in [3.05, 3.63) is 139 Å². The Hall–Kier alpha value is -4.62. The van der Waals surface area contributed by atoms with Crippen molar-refractivity contribution in [3.8, 4) is 27.9 Å². The van der Waals surface area contributed by atoms with E-state index in [4.69, 9.17) is 0 Å². The van der Waals surface area contributed by atoms with E-state index in [9.17, 15) is 0 Å². The molecule has 8 rings (SSSR count). The monoisotopic (exact) mass is 485 g/mol. The van der Waals surface area contributed by atoms with Gasteiger partial charge in [0.05, 0.1) is 16.7 Å². The molecule has 0 atom stereocenters. The van der Waals surface area contributed by atoms with Crippen LogP contribution in [0, 0.1) is 0 Å². The van der Waals surface area contributed by atoms with Gasteiger partial charge in [0, 0.05) is 27.3 Å². The second-order valence-electron chi connectivity index (χ2n) is 11.0. The van der Waals surface area contributed by atoms with Gasteiger partial charge >= 0.3 is 0 Å². The van der Waals surface area contributed by atoms with Gasteiger partial charge in [-0.2, -0.15) is 0 Å². The van der Waals surface area contributed by atoms with Gasteiger partial charge in [-0.25, -0.2) is 0 Å². The maximum atomic E-state index is 2.48. The average molecular weight is 486 g/mol. The van der Waals surface area contributed by atoms with Crippen LogP contribution in [0.4, 0.5) is 0 Å². The van der Waals surface area contributed by atoms with E-state index in [1.807, 2.05) is 0 Å². The summed E-state index contributed by atoms with van der Waals surface area (Å²) < 4.78 is 2.48. The van der Waals surface area contributed by atoms with Crippen molar-refractivity contribution in [2.75, 3.05) is 0 Å². The number of benzene rings is 6. The molecule has 1 aromatic heterocycles. The quantitative estimate of drug-likeness (QED) is 0.230. The number of rotatable bonds is 2.